The number of hydrogen-bond acceptors (Lipinski definition) is 6. The van der Waals surface area contributed by atoms with Crippen LogP contribution in [0.5, 0.6) is 0 Å². The van der Waals surface area contributed by atoms with Crippen LogP contribution in [-0.4, -0.2) is 36.8 Å². The molecule has 0 fully saturated rings. The van der Waals surface area contributed by atoms with E-state index in [1.165, 1.54) is 0 Å². The predicted octanol–water partition coefficient (Wildman–Crippen LogP) is 2.57. The van der Waals surface area contributed by atoms with Crippen molar-refractivity contribution in [3.8, 4) is 0 Å². The third-order valence-corrected chi connectivity index (χ3v) is 4.87. The second-order valence-corrected chi connectivity index (χ2v) is 6.76. The lowest BCUT2D eigenvalue weighted by Crippen LogP contribution is -2.35. The zero-order valence-electron chi connectivity index (χ0n) is 14.9. The third kappa shape index (κ3) is 2.93. The molecular formula is C19H23N5O2. The van der Waals surface area contributed by atoms with Crippen molar-refractivity contribution in [2.75, 3.05) is 12.3 Å². The van der Waals surface area contributed by atoms with Gasteiger partial charge in [-0.15, -0.1) is 0 Å². The Morgan fingerprint density at radius 1 is 1.31 bits per heavy atom. The molecule has 4 rings (SSSR count). The summed E-state index contributed by atoms with van der Waals surface area (Å²) in [4.78, 5) is 13.6. The molecule has 0 radical (unpaired) electrons. The fraction of sp³-hybridized carbons (Fsp3) is 0.421. The molecule has 136 valence electrons. The van der Waals surface area contributed by atoms with Gasteiger partial charge in [-0.25, -0.2) is 9.97 Å². The Morgan fingerprint density at radius 2 is 2.19 bits per heavy atom. The van der Waals surface area contributed by atoms with E-state index in [-0.39, 0.29) is 0 Å². The summed E-state index contributed by atoms with van der Waals surface area (Å²) in [5.41, 5.74) is 8.23. The maximum atomic E-state index is 11.1. The van der Waals surface area contributed by atoms with E-state index in [9.17, 15) is 5.11 Å². The number of hydrogen-bond donors (Lipinski definition) is 2. The number of aromatic nitrogens is 4. The van der Waals surface area contributed by atoms with Gasteiger partial charge < -0.3 is 20.1 Å². The first-order chi connectivity index (χ1) is 12.6. The van der Waals surface area contributed by atoms with Crippen molar-refractivity contribution in [1.82, 2.24) is 19.5 Å². The average Bonchev–Trinajstić information content (AvgIpc) is 2.99. The van der Waals surface area contributed by atoms with Gasteiger partial charge in [0.1, 0.15) is 29.0 Å². The van der Waals surface area contributed by atoms with Crippen LogP contribution in [0.2, 0.25) is 0 Å². The number of pyridine rings is 2. The first kappa shape index (κ1) is 16.9. The normalized spacial score (nSPS) is 20.2. The Morgan fingerprint density at radius 3 is 2.96 bits per heavy atom. The molecule has 0 aromatic carbocycles. The molecule has 1 unspecified atom stereocenters. The Labute approximate surface area is 151 Å². The van der Waals surface area contributed by atoms with E-state index in [4.69, 9.17) is 10.5 Å². The number of nitrogens with two attached hydrogens (primary N) is 1. The highest BCUT2D eigenvalue weighted by Crippen LogP contribution is 2.32. The van der Waals surface area contributed by atoms with Crippen LogP contribution in [0.4, 0.5) is 5.82 Å². The van der Waals surface area contributed by atoms with Gasteiger partial charge >= 0.3 is 0 Å². The van der Waals surface area contributed by atoms with Crippen LogP contribution in [0.15, 0.2) is 30.5 Å². The van der Waals surface area contributed by atoms with Gasteiger partial charge in [-0.05, 0) is 38.3 Å². The molecule has 3 aromatic heterocycles. The molecule has 26 heavy (non-hydrogen) atoms. The standard InChI is InChI=1S/C19H23N5O2/c1-2-26-11-14-23-16-17(15-13(22-18(16)20)7-6-10-21-15)24(14)12-19(25)8-4-3-5-9-19/h3-4,6-7,10,25H,2,5,8-9,11-12H2,1H3,(H2,20,22). The summed E-state index contributed by atoms with van der Waals surface area (Å²) in [6.07, 6.45) is 8.08. The van der Waals surface area contributed by atoms with Crippen LogP contribution < -0.4 is 5.73 Å². The maximum absolute atomic E-state index is 11.1. The van der Waals surface area contributed by atoms with Gasteiger partial charge in [-0.3, -0.25) is 4.98 Å². The van der Waals surface area contributed by atoms with E-state index in [0.29, 0.717) is 43.9 Å². The van der Waals surface area contributed by atoms with Crippen molar-refractivity contribution in [3.63, 3.8) is 0 Å². The van der Waals surface area contributed by atoms with E-state index < -0.39 is 5.60 Å². The SMILES string of the molecule is CCOCc1nc2c(N)nc3cccnc3c2n1CC1(O)CC=CCC1. The van der Waals surface area contributed by atoms with Gasteiger partial charge in [-0.2, -0.15) is 0 Å². The number of ether oxygens (including phenoxy) is 1. The average molecular weight is 353 g/mol. The molecule has 0 spiro atoms. The van der Waals surface area contributed by atoms with E-state index in [2.05, 4.69) is 21.0 Å². The second-order valence-electron chi connectivity index (χ2n) is 6.76. The number of nitrogens with zero attached hydrogens (tertiary/aromatic N) is 4. The monoisotopic (exact) mass is 353 g/mol. The molecule has 1 atom stereocenters. The van der Waals surface area contributed by atoms with Crippen LogP contribution in [0, 0.1) is 0 Å². The molecule has 3 heterocycles. The van der Waals surface area contributed by atoms with Crippen LogP contribution >= 0.6 is 0 Å². The number of rotatable bonds is 5. The van der Waals surface area contributed by atoms with E-state index in [1.54, 1.807) is 6.20 Å². The minimum atomic E-state index is -0.817. The summed E-state index contributed by atoms with van der Waals surface area (Å²) in [6.45, 7) is 3.30. The van der Waals surface area contributed by atoms with Crippen molar-refractivity contribution in [3.05, 3.63) is 36.3 Å². The second kappa shape index (κ2) is 6.66. The lowest BCUT2D eigenvalue weighted by Gasteiger charge is -2.30. The molecule has 0 saturated heterocycles. The number of nitrogen functional groups attached to an aromatic ring is 1. The van der Waals surface area contributed by atoms with E-state index >= 15 is 0 Å². The number of aliphatic hydroxyl groups is 1. The highest BCUT2D eigenvalue weighted by atomic mass is 16.5. The lowest BCUT2D eigenvalue weighted by molar-refractivity contribution is 0.0129. The van der Waals surface area contributed by atoms with Crippen molar-refractivity contribution >= 4 is 27.9 Å². The molecule has 1 aliphatic carbocycles. The number of anilines is 1. The van der Waals surface area contributed by atoms with Crippen LogP contribution in [0.1, 0.15) is 32.0 Å². The lowest BCUT2D eigenvalue weighted by atomic mass is 9.89. The summed E-state index contributed by atoms with van der Waals surface area (Å²) in [7, 11) is 0. The fourth-order valence-electron chi connectivity index (χ4n) is 3.56. The van der Waals surface area contributed by atoms with Crippen LogP contribution in [0.3, 0.4) is 0 Å². The highest BCUT2D eigenvalue weighted by molar-refractivity contribution is 6.04. The summed E-state index contributed by atoms with van der Waals surface area (Å²) >= 11 is 0. The minimum absolute atomic E-state index is 0.352. The zero-order chi connectivity index (χ0) is 18.1. The molecule has 0 bridgehead atoms. The molecule has 0 aliphatic heterocycles. The largest absolute Gasteiger partial charge is 0.388 e. The Hall–Kier alpha value is -2.51. The van der Waals surface area contributed by atoms with E-state index in [1.807, 2.05) is 29.7 Å². The molecule has 3 N–H and O–H groups in total. The van der Waals surface area contributed by atoms with Crippen molar-refractivity contribution in [2.45, 2.75) is 44.9 Å². The van der Waals surface area contributed by atoms with Gasteiger partial charge in [-0.1, -0.05) is 12.2 Å². The van der Waals surface area contributed by atoms with Crippen molar-refractivity contribution in [1.29, 1.82) is 0 Å². The third-order valence-electron chi connectivity index (χ3n) is 4.87. The molecular weight excluding hydrogens is 330 g/mol. The topological polar surface area (TPSA) is 99.1 Å². The van der Waals surface area contributed by atoms with Crippen LogP contribution in [0.25, 0.3) is 22.1 Å². The Kier molecular flexibility index (Phi) is 4.34. The number of imidazole rings is 1. The molecule has 3 aromatic rings. The minimum Gasteiger partial charge on any atom is -0.388 e. The van der Waals surface area contributed by atoms with Crippen LogP contribution in [-0.2, 0) is 17.9 Å². The summed E-state index contributed by atoms with van der Waals surface area (Å²) in [6, 6.07) is 3.72. The summed E-state index contributed by atoms with van der Waals surface area (Å²) < 4.78 is 7.61. The Bertz CT molecular complexity index is 981. The quantitative estimate of drug-likeness (QED) is 0.684. The predicted molar refractivity (Wildman–Crippen MR) is 101 cm³/mol. The zero-order valence-corrected chi connectivity index (χ0v) is 14.9. The summed E-state index contributed by atoms with van der Waals surface area (Å²) in [5, 5.41) is 11.1. The van der Waals surface area contributed by atoms with Crippen molar-refractivity contribution < 1.29 is 9.84 Å². The molecule has 1 aliphatic rings. The highest BCUT2D eigenvalue weighted by Gasteiger charge is 2.30. The molecule has 7 nitrogen and oxygen atoms in total. The van der Waals surface area contributed by atoms with E-state index in [0.717, 1.165) is 28.8 Å². The smallest absolute Gasteiger partial charge is 0.152 e. The first-order valence-electron chi connectivity index (χ1n) is 8.96. The first-order valence-corrected chi connectivity index (χ1v) is 8.96. The number of allylic oxidation sites excluding steroid dienone is 1. The fourth-order valence-corrected chi connectivity index (χ4v) is 3.56. The molecule has 7 heteroatoms. The molecule has 0 saturated carbocycles. The van der Waals surface area contributed by atoms with Gasteiger partial charge in [0.05, 0.1) is 17.7 Å². The Balaban J connectivity index is 1.93. The van der Waals surface area contributed by atoms with Gasteiger partial charge in [0.25, 0.3) is 0 Å². The van der Waals surface area contributed by atoms with Gasteiger partial charge in [0.2, 0.25) is 0 Å². The summed E-state index contributed by atoms with van der Waals surface area (Å²) in [5.74, 6) is 1.10. The van der Waals surface area contributed by atoms with Gasteiger partial charge in [0, 0.05) is 12.8 Å². The molecule has 0 amide bonds. The number of fused-ring (bicyclic) bond motifs is 3. The maximum Gasteiger partial charge on any atom is 0.152 e. The van der Waals surface area contributed by atoms with Gasteiger partial charge in [0.15, 0.2) is 5.82 Å². The van der Waals surface area contributed by atoms with Crippen molar-refractivity contribution in [2.24, 2.45) is 0 Å².